The topological polar surface area (TPSA) is 69.3 Å². The van der Waals surface area contributed by atoms with E-state index in [1.807, 2.05) is 72.5 Å². The maximum atomic E-state index is 13.5. The summed E-state index contributed by atoms with van der Waals surface area (Å²) in [4.78, 5) is 29.7. The normalized spacial score (nSPS) is 14.3. The zero-order chi connectivity index (χ0) is 20.2. The minimum atomic E-state index is -0.339. The number of nitrogens with one attached hydrogen (secondary N) is 1. The van der Waals surface area contributed by atoms with Gasteiger partial charge in [0.15, 0.2) is 0 Å². The molecule has 2 heterocycles. The van der Waals surface area contributed by atoms with Gasteiger partial charge < -0.3 is 9.80 Å². The predicted octanol–water partition coefficient (Wildman–Crippen LogP) is 2.83. The van der Waals surface area contributed by atoms with E-state index in [4.69, 9.17) is 0 Å². The van der Waals surface area contributed by atoms with Crippen LogP contribution >= 0.6 is 0 Å². The molecular weight excluding hydrogens is 364 g/mol. The van der Waals surface area contributed by atoms with Crippen LogP contribution in [-0.2, 0) is 4.79 Å². The fourth-order valence-corrected chi connectivity index (χ4v) is 3.77. The zero-order valence-electron chi connectivity index (χ0n) is 16.4. The van der Waals surface area contributed by atoms with Crippen LogP contribution in [0.4, 0.5) is 0 Å². The summed E-state index contributed by atoms with van der Waals surface area (Å²) in [5.74, 6) is -0.358. The third-order valence-electron chi connectivity index (χ3n) is 5.32. The number of aromatic amines is 1. The van der Waals surface area contributed by atoms with Gasteiger partial charge in [-0.2, -0.15) is 5.10 Å². The Kier molecular flexibility index (Phi) is 5.42. The van der Waals surface area contributed by atoms with Gasteiger partial charge in [-0.3, -0.25) is 14.7 Å². The van der Waals surface area contributed by atoms with E-state index in [0.717, 1.165) is 16.8 Å². The number of aromatic nitrogens is 2. The van der Waals surface area contributed by atoms with E-state index in [0.29, 0.717) is 31.9 Å². The highest BCUT2D eigenvalue weighted by Crippen LogP contribution is 2.27. The van der Waals surface area contributed by atoms with Gasteiger partial charge in [0.1, 0.15) is 5.69 Å². The number of benzene rings is 2. The molecule has 148 valence electrons. The molecule has 1 aliphatic rings. The number of carbonyl (C=O) groups is 2. The lowest BCUT2D eigenvalue weighted by Gasteiger charge is -2.36. The number of carbonyl (C=O) groups excluding carboxylic acids is 2. The molecule has 2 aromatic carbocycles. The largest absolute Gasteiger partial charge is 0.338 e. The van der Waals surface area contributed by atoms with Crippen molar-refractivity contribution in [2.45, 2.75) is 12.8 Å². The third kappa shape index (κ3) is 4.06. The number of hydrogen-bond acceptors (Lipinski definition) is 3. The number of piperazine rings is 1. The van der Waals surface area contributed by atoms with E-state index in [-0.39, 0.29) is 17.7 Å². The van der Waals surface area contributed by atoms with Gasteiger partial charge in [-0.25, -0.2) is 0 Å². The van der Waals surface area contributed by atoms with Crippen LogP contribution in [0.25, 0.3) is 0 Å². The Morgan fingerprint density at radius 3 is 1.86 bits per heavy atom. The van der Waals surface area contributed by atoms with Gasteiger partial charge in [0.05, 0.1) is 5.92 Å². The van der Waals surface area contributed by atoms with Gasteiger partial charge in [0, 0.05) is 31.9 Å². The molecule has 4 rings (SSSR count). The first kappa shape index (κ1) is 18.9. The summed E-state index contributed by atoms with van der Waals surface area (Å²) in [6, 6.07) is 21.5. The molecule has 1 fully saturated rings. The second kappa shape index (κ2) is 8.31. The Bertz CT molecular complexity index is 937. The van der Waals surface area contributed by atoms with Crippen LogP contribution in [0.3, 0.4) is 0 Å². The summed E-state index contributed by atoms with van der Waals surface area (Å²) in [5.41, 5.74) is 3.24. The predicted molar refractivity (Wildman–Crippen MR) is 111 cm³/mol. The molecule has 3 aromatic rings. The summed E-state index contributed by atoms with van der Waals surface area (Å²) in [6.45, 7) is 3.92. The maximum absolute atomic E-state index is 13.5. The molecule has 0 aliphatic carbocycles. The van der Waals surface area contributed by atoms with Crippen molar-refractivity contribution in [1.29, 1.82) is 0 Å². The first-order valence-electron chi connectivity index (χ1n) is 9.83. The lowest BCUT2D eigenvalue weighted by molar-refractivity contribution is -0.133. The van der Waals surface area contributed by atoms with E-state index in [9.17, 15) is 9.59 Å². The van der Waals surface area contributed by atoms with E-state index in [2.05, 4.69) is 10.2 Å². The monoisotopic (exact) mass is 388 g/mol. The standard InChI is InChI=1S/C23H24N4O2/c1-17-16-20(25-24-17)22(28)26-12-14-27(15-13-26)23(29)21(18-8-4-2-5-9-18)19-10-6-3-7-11-19/h2-11,16,21H,12-15H2,1H3,(H,24,25). The molecule has 1 saturated heterocycles. The molecule has 0 saturated carbocycles. The summed E-state index contributed by atoms with van der Waals surface area (Å²) in [6.07, 6.45) is 0. The van der Waals surface area contributed by atoms with E-state index in [1.54, 1.807) is 11.0 Å². The van der Waals surface area contributed by atoms with Crippen LogP contribution in [0.15, 0.2) is 66.7 Å². The smallest absolute Gasteiger partial charge is 0.274 e. The molecule has 1 aliphatic heterocycles. The molecule has 2 amide bonds. The second-order valence-corrected chi connectivity index (χ2v) is 7.31. The number of hydrogen-bond donors (Lipinski definition) is 1. The van der Waals surface area contributed by atoms with Crippen molar-refractivity contribution in [3.8, 4) is 0 Å². The number of rotatable bonds is 4. The fraction of sp³-hybridized carbons (Fsp3) is 0.261. The molecule has 29 heavy (non-hydrogen) atoms. The third-order valence-corrected chi connectivity index (χ3v) is 5.32. The van der Waals surface area contributed by atoms with Gasteiger partial charge in [0.25, 0.3) is 5.91 Å². The van der Waals surface area contributed by atoms with Crippen molar-refractivity contribution >= 4 is 11.8 Å². The molecular formula is C23H24N4O2. The second-order valence-electron chi connectivity index (χ2n) is 7.31. The van der Waals surface area contributed by atoms with Gasteiger partial charge in [-0.15, -0.1) is 0 Å². The van der Waals surface area contributed by atoms with Gasteiger partial charge in [-0.05, 0) is 24.1 Å². The Labute approximate surface area is 170 Å². The first-order valence-corrected chi connectivity index (χ1v) is 9.83. The SMILES string of the molecule is Cc1cc(C(=O)N2CCN(C(=O)C(c3ccccc3)c3ccccc3)CC2)n[nH]1. The summed E-state index contributed by atoms with van der Waals surface area (Å²) >= 11 is 0. The first-order chi connectivity index (χ1) is 14.1. The minimum absolute atomic E-state index is 0.0742. The average molecular weight is 388 g/mol. The van der Waals surface area contributed by atoms with Gasteiger partial charge >= 0.3 is 0 Å². The quantitative estimate of drug-likeness (QED) is 0.747. The average Bonchev–Trinajstić information content (AvgIpc) is 3.21. The molecule has 0 unspecified atom stereocenters. The highest BCUT2D eigenvalue weighted by atomic mass is 16.2. The summed E-state index contributed by atoms with van der Waals surface area (Å²) < 4.78 is 0. The number of nitrogens with zero attached hydrogens (tertiary/aromatic N) is 3. The van der Waals surface area contributed by atoms with Crippen LogP contribution < -0.4 is 0 Å². The Morgan fingerprint density at radius 2 is 1.38 bits per heavy atom. The van der Waals surface area contributed by atoms with Crippen molar-refractivity contribution < 1.29 is 9.59 Å². The maximum Gasteiger partial charge on any atom is 0.274 e. The van der Waals surface area contributed by atoms with Crippen molar-refractivity contribution in [2.75, 3.05) is 26.2 Å². The summed E-state index contributed by atoms with van der Waals surface area (Å²) in [7, 11) is 0. The minimum Gasteiger partial charge on any atom is -0.338 e. The van der Waals surface area contributed by atoms with Crippen molar-refractivity contribution in [3.63, 3.8) is 0 Å². The highest BCUT2D eigenvalue weighted by Gasteiger charge is 2.31. The summed E-state index contributed by atoms with van der Waals surface area (Å²) in [5, 5.41) is 6.86. The molecule has 0 spiro atoms. The molecule has 0 bridgehead atoms. The number of amides is 2. The number of aryl methyl sites for hydroxylation is 1. The lowest BCUT2D eigenvalue weighted by Crippen LogP contribution is -2.51. The Morgan fingerprint density at radius 1 is 0.862 bits per heavy atom. The van der Waals surface area contributed by atoms with Gasteiger partial charge in [0.2, 0.25) is 5.91 Å². The Hall–Kier alpha value is -3.41. The molecule has 0 atom stereocenters. The molecule has 6 nitrogen and oxygen atoms in total. The molecule has 1 N–H and O–H groups in total. The van der Waals surface area contributed by atoms with Crippen LogP contribution in [0.2, 0.25) is 0 Å². The van der Waals surface area contributed by atoms with E-state index >= 15 is 0 Å². The van der Waals surface area contributed by atoms with E-state index in [1.165, 1.54) is 0 Å². The van der Waals surface area contributed by atoms with Crippen molar-refractivity contribution in [3.05, 3.63) is 89.2 Å². The van der Waals surface area contributed by atoms with Crippen molar-refractivity contribution in [2.24, 2.45) is 0 Å². The van der Waals surface area contributed by atoms with Crippen LogP contribution in [0.1, 0.15) is 33.2 Å². The fourth-order valence-electron chi connectivity index (χ4n) is 3.77. The van der Waals surface area contributed by atoms with Crippen LogP contribution in [0, 0.1) is 6.92 Å². The number of H-pyrrole nitrogens is 1. The highest BCUT2D eigenvalue weighted by molar-refractivity contribution is 5.93. The lowest BCUT2D eigenvalue weighted by atomic mass is 9.90. The molecule has 1 aromatic heterocycles. The van der Waals surface area contributed by atoms with Crippen LogP contribution in [0.5, 0.6) is 0 Å². The van der Waals surface area contributed by atoms with Gasteiger partial charge in [-0.1, -0.05) is 60.7 Å². The molecule has 6 heteroatoms. The zero-order valence-corrected chi connectivity index (χ0v) is 16.4. The Balaban J connectivity index is 1.49. The van der Waals surface area contributed by atoms with Crippen molar-refractivity contribution in [1.82, 2.24) is 20.0 Å². The van der Waals surface area contributed by atoms with E-state index < -0.39 is 0 Å². The molecule has 0 radical (unpaired) electrons. The van der Waals surface area contributed by atoms with Crippen LogP contribution in [-0.4, -0.2) is 58.0 Å².